The third-order valence-electron chi connectivity index (χ3n) is 4.69. The lowest BCUT2D eigenvalue weighted by Crippen LogP contribution is -2.48. The molecule has 2 nitrogen and oxygen atoms in total. The topological polar surface area (TPSA) is 15.3 Å². The summed E-state index contributed by atoms with van der Waals surface area (Å²) in [5, 5.41) is 4.31. The van der Waals surface area contributed by atoms with E-state index in [0.29, 0.717) is 6.04 Å². The molecular weight excluding hydrogens is 327 g/mol. The Balaban J connectivity index is 0.00000110. The summed E-state index contributed by atoms with van der Waals surface area (Å²) >= 11 is 6.11. The number of halogens is 3. The second-order valence-corrected chi connectivity index (χ2v) is 6.36. The Morgan fingerprint density at radius 2 is 1.86 bits per heavy atom. The van der Waals surface area contributed by atoms with Gasteiger partial charge < -0.3 is 5.32 Å². The maximum absolute atomic E-state index is 6.11. The monoisotopic (exact) mass is 350 g/mol. The molecule has 0 spiro atoms. The molecule has 0 aromatic heterocycles. The summed E-state index contributed by atoms with van der Waals surface area (Å²) in [6.45, 7) is 6.78. The molecule has 1 heterocycles. The summed E-state index contributed by atoms with van der Waals surface area (Å²) in [5.41, 5.74) is 2.85. The van der Waals surface area contributed by atoms with Gasteiger partial charge in [0, 0.05) is 37.2 Å². The molecule has 2 aliphatic rings. The van der Waals surface area contributed by atoms with Gasteiger partial charge in [0.1, 0.15) is 0 Å². The minimum absolute atomic E-state index is 0. The van der Waals surface area contributed by atoms with Crippen LogP contribution in [0.2, 0.25) is 5.02 Å². The lowest BCUT2D eigenvalue weighted by molar-refractivity contribution is 0.0833. The highest BCUT2D eigenvalue weighted by molar-refractivity contribution is 6.30. The number of rotatable bonds is 3. The summed E-state index contributed by atoms with van der Waals surface area (Å²) in [7, 11) is 0. The van der Waals surface area contributed by atoms with Gasteiger partial charge in [-0.25, -0.2) is 0 Å². The van der Waals surface area contributed by atoms with Crippen LogP contribution in [0.4, 0.5) is 0 Å². The van der Waals surface area contributed by atoms with Gasteiger partial charge in [-0.2, -0.15) is 0 Å². The van der Waals surface area contributed by atoms with Crippen LogP contribution in [0.5, 0.6) is 0 Å². The Bertz CT molecular complexity index is 443. The number of hydrogen-bond donors (Lipinski definition) is 1. The van der Waals surface area contributed by atoms with Gasteiger partial charge in [-0.3, -0.25) is 4.90 Å². The highest BCUT2D eigenvalue weighted by atomic mass is 35.5. The normalized spacial score (nSPS) is 20.9. The van der Waals surface area contributed by atoms with E-state index in [1.54, 1.807) is 0 Å². The first-order valence-corrected chi connectivity index (χ1v) is 7.84. The fourth-order valence-corrected chi connectivity index (χ4v) is 3.66. The predicted octanol–water partition coefficient (Wildman–Crippen LogP) is 4.24. The highest BCUT2D eigenvalue weighted by Crippen LogP contribution is 2.42. The van der Waals surface area contributed by atoms with Crippen LogP contribution in [0, 0.1) is 12.8 Å². The quantitative estimate of drug-likeness (QED) is 0.876. The second kappa shape index (κ2) is 8.59. The van der Waals surface area contributed by atoms with E-state index in [1.807, 2.05) is 0 Å². The predicted molar refractivity (Wildman–Crippen MR) is 95.2 cm³/mol. The van der Waals surface area contributed by atoms with Gasteiger partial charge in [0.05, 0.1) is 0 Å². The van der Waals surface area contributed by atoms with Crippen molar-refractivity contribution in [1.82, 2.24) is 10.2 Å². The first-order valence-electron chi connectivity index (χ1n) is 7.46. The van der Waals surface area contributed by atoms with Gasteiger partial charge in [0.25, 0.3) is 0 Å². The van der Waals surface area contributed by atoms with Gasteiger partial charge in [-0.05, 0) is 48.9 Å². The zero-order valence-electron chi connectivity index (χ0n) is 12.5. The number of hydrogen-bond acceptors (Lipinski definition) is 2. The molecule has 1 saturated carbocycles. The first kappa shape index (κ1) is 19.1. The average molecular weight is 352 g/mol. The smallest absolute Gasteiger partial charge is 0.0408 e. The van der Waals surface area contributed by atoms with Gasteiger partial charge in [0.15, 0.2) is 0 Å². The lowest BCUT2D eigenvalue weighted by atomic mass is 9.75. The summed E-state index contributed by atoms with van der Waals surface area (Å²) in [4.78, 5) is 2.68. The van der Waals surface area contributed by atoms with E-state index in [9.17, 15) is 0 Å². The molecule has 3 rings (SSSR count). The minimum Gasteiger partial charge on any atom is -0.314 e. The van der Waals surface area contributed by atoms with E-state index in [-0.39, 0.29) is 24.8 Å². The fraction of sp³-hybridized carbons (Fsp3) is 0.625. The van der Waals surface area contributed by atoms with E-state index >= 15 is 0 Å². The molecule has 5 heteroatoms. The van der Waals surface area contributed by atoms with Crippen molar-refractivity contribution in [3.8, 4) is 0 Å². The highest BCUT2D eigenvalue weighted by Gasteiger charge is 2.34. The van der Waals surface area contributed by atoms with Crippen molar-refractivity contribution in [2.75, 3.05) is 26.2 Å². The van der Waals surface area contributed by atoms with Gasteiger partial charge >= 0.3 is 0 Å². The van der Waals surface area contributed by atoms with Gasteiger partial charge in [-0.15, -0.1) is 24.8 Å². The van der Waals surface area contributed by atoms with Crippen LogP contribution in [-0.4, -0.2) is 31.1 Å². The fourth-order valence-electron chi connectivity index (χ4n) is 3.44. The van der Waals surface area contributed by atoms with Crippen molar-refractivity contribution >= 4 is 36.4 Å². The molecular formula is C16H25Cl3N2. The average Bonchev–Trinajstić information content (AvgIpc) is 2.35. The number of nitrogens with one attached hydrogen (secondary N) is 1. The van der Waals surface area contributed by atoms with Crippen molar-refractivity contribution < 1.29 is 0 Å². The number of nitrogens with zero attached hydrogens (tertiary/aromatic N) is 1. The molecule has 0 bridgehead atoms. The maximum Gasteiger partial charge on any atom is 0.0408 e. The molecule has 21 heavy (non-hydrogen) atoms. The molecule has 1 atom stereocenters. The zero-order valence-corrected chi connectivity index (χ0v) is 14.9. The van der Waals surface area contributed by atoms with Crippen molar-refractivity contribution in [3.05, 3.63) is 34.3 Å². The first-order chi connectivity index (χ1) is 9.25. The number of piperazine rings is 1. The standard InChI is InChI=1S/C16H23ClN2.2ClH/c1-12-11-14(17)5-6-15(12)16(13-3-2-4-13)19-9-7-18-8-10-19;;/h5-6,11,13,16,18H,2-4,7-10H2,1H3;2*1H/t16-;;/m1../s1. The van der Waals surface area contributed by atoms with Crippen molar-refractivity contribution in [2.45, 2.75) is 32.2 Å². The molecule has 1 aromatic carbocycles. The zero-order chi connectivity index (χ0) is 13.2. The molecule has 1 aromatic rings. The molecule has 1 N–H and O–H groups in total. The SMILES string of the molecule is Cc1cc(Cl)ccc1[C@@H](C1CCC1)N1CCNCC1.Cl.Cl. The van der Waals surface area contributed by atoms with E-state index in [1.165, 1.54) is 43.5 Å². The van der Waals surface area contributed by atoms with Crippen LogP contribution in [0.25, 0.3) is 0 Å². The Morgan fingerprint density at radius 1 is 1.19 bits per heavy atom. The lowest BCUT2D eigenvalue weighted by Gasteiger charge is -2.43. The Kier molecular flexibility index (Phi) is 7.80. The third kappa shape index (κ3) is 4.27. The second-order valence-electron chi connectivity index (χ2n) is 5.92. The minimum atomic E-state index is 0. The van der Waals surface area contributed by atoms with Crippen molar-refractivity contribution in [2.24, 2.45) is 5.92 Å². The molecule has 0 amide bonds. The summed E-state index contributed by atoms with van der Waals surface area (Å²) in [5.74, 6) is 0.845. The number of benzene rings is 1. The molecule has 0 radical (unpaired) electrons. The van der Waals surface area contributed by atoms with Crippen LogP contribution in [0.1, 0.15) is 36.4 Å². The Labute approximate surface area is 145 Å². The van der Waals surface area contributed by atoms with E-state index in [0.717, 1.165) is 24.0 Å². The summed E-state index contributed by atoms with van der Waals surface area (Å²) < 4.78 is 0. The maximum atomic E-state index is 6.11. The number of aryl methyl sites for hydroxylation is 1. The van der Waals surface area contributed by atoms with Crippen LogP contribution in [0.3, 0.4) is 0 Å². The van der Waals surface area contributed by atoms with E-state index < -0.39 is 0 Å². The van der Waals surface area contributed by atoms with E-state index in [4.69, 9.17) is 11.6 Å². The van der Waals surface area contributed by atoms with Crippen molar-refractivity contribution in [1.29, 1.82) is 0 Å². The molecule has 1 saturated heterocycles. The molecule has 1 aliphatic carbocycles. The van der Waals surface area contributed by atoms with Gasteiger partial charge in [-0.1, -0.05) is 24.1 Å². The van der Waals surface area contributed by atoms with Crippen LogP contribution < -0.4 is 5.32 Å². The Hall–Kier alpha value is 0.01000. The summed E-state index contributed by atoms with van der Waals surface area (Å²) in [6, 6.07) is 7.03. The Morgan fingerprint density at radius 3 is 2.38 bits per heavy atom. The largest absolute Gasteiger partial charge is 0.314 e. The van der Waals surface area contributed by atoms with E-state index in [2.05, 4.69) is 35.3 Å². The van der Waals surface area contributed by atoms with Crippen LogP contribution in [0.15, 0.2) is 18.2 Å². The molecule has 0 unspecified atom stereocenters. The molecule has 120 valence electrons. The van der Waals surface area contributed by atoms with Crippen LogP contribution >= 0.6 is 36.4 Å². The third-order valence-corrected chi connectivity index (χ3v) is 4.93. The van der Waals surface area contributed by atoms with Crippen LogP contribution in [-0.2, 0) is 0 Å². The van der Waals surface area contributed by atoms with Gasteiger partial charge in [0.2, 0.25) is 0 Å². The summed E-state index contributed by atoms with van der Waals surface area (Å²) in [6.07, 6.45) is 4.17. The molecule has 1 aliphatic heterocycles. The molecule has 2 fully saturated rings. The van der Waals surface area contributed by atoms with Crippen molar-refractivity contribution in [3.63, 3.8) is 0 Å².